The van der Waals surface area contributed by atoms with Crippen molar-refractivity contribution in [2.75, 3.05) is 0 Å². The van der Waals surface area contributed by atoms with Gasteiger partial charge in [-0.2, -0.15) is 0 Å². The predicted octanol–water partition coefficient (Wildman–Crippen LogP) is 3.36. The van der Waals surface area contributed by atoms with E-state index in [0.29, 0.717) is 12.8 Å². The lowest BCUT2D eigenvalue weighted by molar-refractivity contribution is -0.151. The fourth-order valence-electron chi connectivity index (χ4n) is 2.44. The molecule has 0 amide bonds. The van der Waals surface area contributed by atoms with Crippen LogP contribution < -0.4 is 0 Å². The van der Waals surface area contributed by atoms with Gasteiger partial charge in [-0.25, -0.2) is 0 Å². The molecule has 1 aromatic carbocycles. The summed E-state index contributed by atoms with van der Waals surface area (Å²) in [6.45, 7) is 2.01. The maximum atomic E-state index is 11.8. The first-order valence-electron chi connectivity index (χ1n) is 6.99. The van der Waals surface area contributed by atoms with Crippen LogP contribution in [-0.2, 0) is 16.0 Å². The molecule has 110 valence electrons. The van der Waals surface area contributed by atoms with Crippen molar-refractivity contribution in [2.24, 2.45) is 5.41 Å². The van der Waals surface area contributed by atoms with Crippen LogP contribution in [0.15, 0.2) is 30.3 Å². The van der Waals surface area contributed by atoms with E-state index in [1.807, 2.05) is 37.3 Å². The number of benzene rings is 1. The molecule has 1 aromatic rings. The van der Waals surface area contributed by atoms with Gasteiger partial charge in [0.2, 0.25) is 0 Å². The monoisotopic (exact) mass is 278 g/mol. The fourth-order valence-corrected chi connectivity index (χ4v) is 2.44. The second-order valence-electron chi connectivity index (χ2n) is 5.25. The smallest absolute Gasteiger partial charge is 0.309 e. The van der Waals surface area contributed by atoms with Crippen LogP contribution >= 0.6 is 0 Å². The van der Waals surface area contributed by atoms with E-state index in [0.717, 1.165) is 18.4 Å². The Morgan fingerprint density at radius 3 is 2.25 bits per heavy atom. The van der Waals surface area contributed by atoms with E-state index in [9.17, 15) is 14.7 Å². The molecule has 0 spiro atoms. The van der Waals surface area contributed by atoms with E-state index in [4.69, 9.17) is 5.11 Å². The number of hydrogen-bond donors (Lipinski definition) is 2. The molecule has 0 bridgehead atoms. The molecule has 1 rings (SSSR count). The minimum atomic E-state index is -0.976. The number of aliphatic carboxylic acids is 2. The molecule has 0 heterocycles. The van der Waals surface area contributed by atoms with Gasteiger partial charge in [0.1, 0.15) is 0 Å². The number of carboxylic acids is 2. The molecule has 0 radical (unpaired) electrons. The Kier molecular flexibility index (Phi) is 6.22. The predicted molar refractivity (Wildman–Crippen MR) is 76.6 cm³/mol. The third-order valence-corrected chi connectivity index (χ3v) is 3.67. The van der Waals surface area contributed by atoms with Crippen LogP contribution in [0.4, 0.5) is 0 Å². The molecule has 0 aliphatic carbocycles. The van der Waals surface area contributed by atoms with Crippen molar-refractivity contribution in [1.29, 1.82) is 0 Å². The molecule has 4 heteroatoms. The highest BCUT2D eigenvalue weighted by molar-refractivity contribution is 5.76. The van der Waals surface area contributed by atoms with Gasteiger partial charge >= 0.3 is 11.9 Å². The average molecular weight is 278 g/mol. The number of hydrogen-bond acceptors (Lipinski definition) is 2. The quantitative estimate of drug-likeness (QED) is 0.726. The summed E-state index contributed by atoms with van der Waals surface area (Å²) >= 11 is 0. The Bertz CT molecular complexity index is 441. The molecule has 0 aliphatic rings. The second-order valence-corrected chi connectivity index (χ2v) is 5.25. The summed E-state index contributed by atoms with van der Waals surface area (Å²) < 4.78 is 0. The first kappa shape index (κ1) is 16.2. The molecule has 0 aromatic heterocycles. The van der Waals surface area contributed by atoms with Crippen LogP contribution in [0.1, 0.15) is 44.6 Å². The zero-order valence-corrected chi connectivity index (χ0v) is 11.8. The van der Waals surface area contributed by atoms with Crippen molar-refractivity contribution < 1.29 is 19.8 Å². The Morgan fingerprint density at radius 2 is 1.75 bits per heavy atom. The molecule has 2 N–H and O–H groups in total. The van der Waals surface area contributed by atoms with Crippen molar-refractivity contribution >= 4 is 11.9 Å². The molecule has 0 saturated heterocycles. The van der Waals surface area contributed by atoms with E-state index in [-0.39, 0.29) is 12.8 Å². The van der Waals surface area contributed by atoms with Crippen LogP contribution in [0, 0.1) is 5.41 Å². The number of carboxylic acid groups (broad SMARTS) is 2. The van der Waals surface area contributed by atoms with E-state index in [1.165, 1.54) is 0 Å². The third-order valence-electron chi connectivity index (χ3n) is 3.67. The van der Waals surface area contributed by atoms with Crippen molar-refractivity contribution in [2.45, 2.75) is 45.4 Å². The molecule has 1 unspecified atom stereocenters. The Hall–Kier alpha value is -1.84. The lowest BCUT2D eigenvalue weighted by Gasteiger charge is -2.29. The second kappa shape index (κ2) is 7.68. The van der Waals surface area contributed by atoms with Gasteiger partial charge in [-0.05, 0) is 24.8 Å². The summed E-state index contributed by atoms with van der Waals surface area (Å²) in [6.07, 6.45) is 2.66. The Balaban J connectivity index is 2.95. The zero-order chi connectivity index (χ0) is 15.0. The number of carbonyl (C=O) groups is 2. The maximum absolute atomic E-state index is 11.8. The Morgan fingerprint density at radius 1 is 1.10 bits per heavy atom. The highest BCUT2D eigenvalue weighted by atomic mass is 16.4. The van der Waals surface area contributed by atoms with Crippen LogP contribution in [0.2, 0.25) is 0 Å². The average Bonchev–Trinajstić information content (AvgIpc) is 2.42. The van der Waals surface area contributed by atoms with Crippen molar-refractivity contribution in [3.63, 3.8) is 0 Å². The highest BCUT2D eigenvalue weighted by Gasteiger charge is 2.38. The van der Waals surface area contributed by atoms with Gasteiger partial charge < -0.3 is 10.2 Å². The van der Waals surface area contributed by atoms with Crippen molar-refractivity contribution in [3.05, 3.63) is 35.9 Å². The van der Waals surface area contributed by atoms with Crippen LogP contribution in [-0.4, -0.2) is 22.2 Å². The summed E-state index contributed by atoms with van der Waals surface area (Å²) in [4.78, 5) is 22.6. The van der Waals surface area contributed by atoms with Gasteiger partial charge in [-0.1, -0.05) is 50.1 Å². The first-order valence-corrected chi connectivity index (χ1v) is 6.99. The molecular formula is C16H22O4. The van der Waals surface area contributed by atoms with Gasteiger partial charge in [0, 0.05) is 6.42 Å². The summed E-state index contributed by atoms with van der Waals surface area (Å²) in [7, 11) is 0. The van der Waals surface area contributed by atoms with Gasteiger partial charge in [0.15, 0.2) is 0 Å². The van der Waals surface area contributed by atoms with Gasteiger partial charge in [-0.15, -0.1) is 0 Å². The van der Waals surface area contributed by atoms with Crippen LogP contribution in [0.25, 0.3) is 0 Å². The zero-order valence-electron chi connectivity index (χ0n) is 11.8. The molecular weight excluding hydrogens is 256 g/mol. The largest absolute Gasteiger partial charge is 0.481 e. The third kappa shape index (κ3) is 4.68. The standard InChI is InChI=1S/C16H22O4/c1-2-3-10-16(15(19)20,11-9-14(17)18)12-13-7-5-4-6-8-13/h4-8H,2-3,9-12H2,1H3,(H,17,18)(H,19,20). The minimum Gasteiger partial charge on any atom is -0.481 e. The fraction of sp³-hybridized carbons (Fsp3) is 0.500. The topological polar surface area (TPSA) is 74.6 Å². The van der Waals surface area contributed by atoms with Crippen LogP contribution in [0.5, 0.6) is 0 Å². The normalized spacial score (nSPS) is 13.7. The lowest BCUT2D eigenvalue weighted by Crippen LogP contribution is -2.34. The molecule has 1 atom stereocenters. The molecule has 0 saturated carbocycles. The summed E-state index contributed by atoms with van der Waals surface area (Å²) in [5.41, 5.74) is -0.0353. The minimum absolute atomic E-state index is 0.108. The van der Waals surface area contributed by atoms with Crippen molar-refractivity contribution in [3.8, 4) is 0 Å². The van der Waals surface area contributed by atoms with E-state index in [1.54, 1.807) is 0 Å². The van der Waals surface area contributed by atoms with Gasteiger partial charge in [0.25, 0.3) is 0 Å². The molecule has 20 heavy (non-hydrogen) atoms. The first-order chi connectivity index (χ1) is 9.50. The SMILES string of the molecule is CCCCC(CCC(=O)O)(Cc1ccccc1)C(=O)O. The van der Waals surface area contributed by atoms with Gasteiger partial charge in [-0.3, -0.25) is 9.59 Å². The van der Waals surface area contributed by atoms with E-state index >= 15 is 0 Å². The molecule has 0 fully saturated rings. The van der Waals surface area contributed by atoms with Gasteiger partial charge in [0.05, 0.1) is 5.41 Å². The molecule has 4 nitrogen and oxygen atoms in total. The summed E-state index contributed by atoms with van der Waals surface area (Å²) in [5, 5.41) is 18.5. The van der Waals surface area contributed by atoms with E-state index in [2.05, 4.69) is 0 Å². The lowest BCUT2D eigenvalue weighted by atomic mass is 9.74. The van der Waals surface area contributed by atoms with Crippen LogP contribution in [0.3, 0.4) is 0 Å². The van der Waals surface area contributed by atoms with E-state index < -0.39 is 17.4 Å². The number of rotatable bonds is 9. The Labute approximate surface area is 119 Å². The summed E-state index contributed by atoms with van der Waals surface area (Å²) in [5.74, 6) is -1.84. The number of unbranched alkanes of at least 4 members (excludes halogenated alkanes) is 1. The maximum Gasteiger partial charge on any atom is 0.309 e. The summed E-state index contributed by atoms with van der Waals surface area (Å²) in [6, 6.07) is 9.42. The highest BCUT2D eigenvalue weighted by Crippen LogP contribution is 2.35. The van der Waals surface area contributed by atoms with Crippen molar-refractivity contribution in [1.82, 2.24) is 0 Å². The molecule has 0 aliphatic heterocycles.